The molecule has 0 bridgehead atoms. The van der Waals surface area contributed by atoms with Crippen molar-refractivity contribution in [2.24, 2.45) is 12.0 Å². The van der Waals surface area contributed by atoms with Crippen LogP contribution in [0.3, 0.4) is 0 Å². The molecule has 0 saturated carbocycles. The number of fused-ring (bicyclic) bond motifs is 3. The molecule has 5 rings (SSSR count). The number of hydrogen-bond acceptors (Lipinski definition) is 6. The highest BCUT2D eigenvalue weighted by atomic mass is 32.2. The van der Waals surface area contributed by atoms with Crippen LogP contribution in [0.2, 0.25) is 0 Å². The Morgan fingerprint density at radius 1 is 0.973 bits per heavy atom. The summed E-state index contributed by atoms with van der Waals surface area (Å²) in [6.07, 6.45) is -0.439. The van der Waals surface area contributed by atoms with Crippen LogP contribution in [-0.4, -0.2) is 67.0 Å². The van der Waals surface area contributed by atoms with Gasteiger partial charge in [0.15, 0.2) is 4.80 Å². The van der Waals surface area contributed by atoms with Crippen LogP contribution in [-0.2, 0) is 21.8 Å². The molecule has 1 saturated heterocycles. The van der Waals surface area contributed by atoms with Crippen molar-refractivity contribution in [2.75, 3.05) is 32.8 Å². The van der Waals surface area contributed by atoms with E-state index >= 15 is 0 Å². The van der Waals surface area contributed by atoms with Crippen LogP contribution in [0.5, 0.6) is 0 Å². The van der Waals surface area contributed by atoms with Crippen LogP contribution in [0.1, 0.15) is 17.3 Å². The van der Waals surface area contributed by atoms with Gasteiger partial charge in [-0.2, -0.15) is 9.30 Å². The summed E-state index contributed by atoms with van der Waals surface area (Å²) >= 11 is 1.44. The Labute approximate surface area is 218 Å². The number of sulfonamides is 1. The van der Waals surface area contributed by atoms with Gasteiger partial charge in [-0.05, 0) is 42.6 Å². The third kappa shape index (κ3) is 4.77. The first-order valence-corrected chi connectivity index (χ1v) is 14.1. The van der Waals surface area contributed by atoms with Crippen LogP contribution in [0.4, 0.5) is 4.79 Å². The van der Waals surface area contributed by atoms with E-state index < -0.39 is 22.0 Å². The number of carbonyl (C=O) groups is 2. The van der Waals surface area contributed by atoms with Crippen molar-refractivity contribution in [1.29, 1.82) is 0 Å². The van der Waals surface area contributed by atoms with Crippen LogP contribution in [0.25, 0.3) is 21.0 Å². The van der Waals surface area contributed by atoms with E-state index in [-0.39, 0.29) is 37.7 Å². The number of hydrogen-bond donors (Lipinski definition) is 0. The van der Waals surface area contributed by atoms with Gasteiger partial charge in [0, 0.05) is 44.2 Å². The van der Waals surface area contributed by atoms with E-state index in [0.717, 1.165) is 21.0 Å². The van der Waals surface area contributed by atoms with E-state index in [1.54, 1.807) is 6.92 Å². The second kappa shape index (κ2) is 10.1. The number of rotatable bonds is 4. The highest BCUT2D eigenvalue weighted by molar-refractivity contribution is 7.89. The number of carbonyl (C=O) groups excluding carboxylic acids is 2. The second-order valence-corrected chi connectivity index (χ2v) is 11.5. The van der Waals surface area contributed by atoms with Crippen molar-refractivity contribution in [2.45, 2.75) is 11.8 Å². The van der Waals surface area contributed by atoms with E-state index in [2.05, 4.69) is 11.1 Å². The lowest BCUT2D eigenvalue weighted by atomic mass is 10.1. The van der Waals surface area contributed by atoms with E-state index in [9.17, 15) is 18.0 Å². The minimum Gasteiger partial charge on any atom is -0.450 e. The molecule has 0 aliphatic carbocycles. The van der Waals surface area contributed by atoms with Gasteiger partial charge in [0.1, 0.15) is 0 Å². The normalized spacial score (nSPS) is 15.4. The van der Waals surface area contributed by atoms with Crippen molar-refractivity contribution in [1.82, 2.24) is 13.8 Å². The molecular formula is C26H26N4O5S2. The van der Waals surface area contributed by atoms with Crippen molar-refractivity contribution in [3.8, 4) is 0 Å². The number of thiazole rings is 1. The average Bonchev–Trinajstić information content (AvgIpc) is 3.24. The quantitative estimate of drug-likeness (QED) is 0.395. The summed E-state index contributed by atoms with van der Waals surface area (Å²) in [5.74, 6) is -0.446. The number of aromatic nitrogens is 1. The lowest BCUT2D eigenvalue weighted by Crippen LogP contribution is -2.50. The van der Waals surface area contributed by atoms with Gasteiger partial charge in [-0.15, -0.1) is 0 Å². The molecular weight excluding hydrogens is 512 g/mol. The van der Waals surface area contributed by atoms with Crippen molar-refractivity contribution in [3.63, 3.8) is 0 Å². The van der Waals surface area contributed by atoms with Crippen LogP contribution in [0, 0.1) is 0 Å². The highest BCUT2D eigenvalue weighted by Gasteiger charge is 2.30. The van der Waals surface area contributed by atoms with Gasteiger partial charge in [0.25, 0.3) is 5.91 Å². The number of piperazine rings is 1. The summed E-state index contributed by atoms with van der Waals surface area (Å²) in [5.41, 5.74) is 1.29. The molecule has 37 heavy (non-hydrogen) atoms. The average molecular weight is 539 g/mol. The number of aryl methyl sites for hydroxylation is 1. The maximum absolute atomic E-state index is 13.1. The van der Waals surface area contributed by atoms with Crippen molar-refractivity contribution < 1.29 is 22.7 Å². The Hall–Kier alpha value is -3.54. The zero-order valence-electron chi connectivity index (χ0n) is 20.5. The van der Waals surface area contributed by atoms with Crippen molar-refractivity contribution >= 4 is 54.3 Å². The SMILES string of the molecule is CCOC(=O)N1CCN(S(=O)(=O)c2ccc(C(=O)N=c3sc4c5ccccc5ccc4n3C)cc2)CC1. The first kappa shape index (κ1) is 25.1. The summed E-state index contributed by atoms with van der Waals surface area (Å²) in [4.78, 5) is 31.3. The summed E-state index contributed by atoms with van der Waals surface area (Å²) in [6.45, 7) is 2.86. The smallest absolute Gasteiger partial charge is 0.409 e. The van der Waals surface area contributed by atoms with Gasteiger partial charge in [0.2, 0.25) is 10.0 Å². The summed E-state index contributed by atoms with van der Waals surface area (Å²) in [5, 5.41) is 2.22. The third-order valence-electron chi connectivity index (χ3n) is 6.40. The number of benzene rings is 3. The van der Waals surface area contributed by atoms with Crippen LogP contribution >= 0.6 is 11.3 Å². The molecule has 192 valence electrons. The number of ether oxygens (including phenoxy) is 1. The van der Waals surface area contributed by atoms with Crippen molar-refractivity contribution in [3.05, 3.63) is 71.0 Å². The third-order valence-corrected chi connectivity index (χ3v) is 9.50. The number of nitrogens with zero attached hydrogens (tertiary/aromatic N) is 4. The fourth-order valence-corrected chi connectivity index (χ4v) is 6.93. The molecule has 3 aromatic carbocycles. The van der Waals surface area contributed by atoms with Crippen LogP contribution in [0.15, 0.2) is 70.6 Å². The fourth-order valence-electron chi connectivity index (χ4n) is 4.36. The van der Waals surface area contributed by atoms with Gasteiger partial charge in [-0.3, -0.25) is 4.79 Å². The van der Waals surface area contributed by atoms with E-state index in [0.29, 0.717) is 10.4 Å². The maximum atomic E-state index is 13.1. The summed E-state index contributed by atoms with van der Waals surface area (Å²) in [6, 6.07) is 18.0. The standard InChI is InChI=1S/C26H26N4O5S2/c1-3-35-26(32)29-14-16-30(17-15-29)37(33,34)20-11-8-19(9-12-20)24(31)27-25-28(2)22-13-10-18-6-4-5-7-21(18)23(22)36-25/h4-13H,3,14-17H2,1-2H3. The van der Waals surface area contributed by atoms with Gasteiger partial charge < -0.3 is 14.2 Å². The molecule has 1 aromatic heterocycles. The molecule has 11 heteroatoms. The zero-order valence-corrected chi connectivity index (χ0v) is 22.1. The summed E-state index contributed by atoms with van der Waals surface area (Å²) in [7, 11) is -1.89. The molecule has 1 fully saturated rings. The first-order valence-electron chi connectivity index (χ1n) is 11.9. The Morgan fingerprint density at radius 2 is 1.68 bits per heavy atom. The van der Waals surface area contributed by atoms with E-state index in [1.807, 2.05) is 41.9 Å². The predicted octanol–water partition coefficient (Wildman–Crippen LogP) is 3.60. The van der Waals surface area contributed by atoms with Gasteiger partial charge >= 0.3 is 6.09 Å². The Balaban J connectivity index is 1.35. The topological polar surface area (TPSA) is 101 Å². The number of amides is 2. The minimum atomic E-state index is -3.76. The maximum Gasteiger partial charge on any atom is 0.409 e. The molecule has 0 unspecified atom stereocenters. The molecule has 2 amide bonds. The molecule has 1 aliphatic rings. The van der Waals surface area contributed by atoms with Gasteiger partial charge in [-0.25, -0.2) is 13.2 Å². The van der Waals surface area contributed by atoms with Gasteiger partial charge in [-0.1, -0.05) is 41.7 Å². The highest BCUT2D eigenvalue weighted by Crippen LogP contribution is 2.27. The first-order chi connectivity index (χ1) is 17.8. The van der Waals surface area contributed by atoms with Gasteiger partial charge in [0.05, 0.1) is 21.7 Å². The lowest BCUT2D eigenvalue weighted by Gasteiger charge is -2.33. The zero-order chi connectivity index (χ0) is 26.2. The van der Waals surface area contributed by atoms with Crippen LogP contribution < -0.4 is 4.80 Å². The molecule has 4 aromatic rings. The molecule has 2 heterocycles. The largest absolute Gasteiger partial charge is 0.450 e. The van der Waals surface area contributed by atoms with E-state index in [1.165, 1.54) is 44.8 Å². The molecule has 0 spiro atoms. The fraction of sp³-hybridized carbons (Fsp3) is 0.269. The molecule has 0 atom stereocenters. The minimum absolute atomic E-state index is 0.0903. The van der Waals surface area contributed by atoms with E-state index in [4.69, 9.17) is 4.74 Å². The monoisotopic (exact) mass is 538 g/mol. The molecule has 0 N–H and O–H groups in total. The molecule has 1 aliphatic heterocycles. The Morgan fingerprint density at radius 3 is 2.38 bits per heavy atom. The lowest BCUT2D eigenvalue weighted by molar-refractivity contribution is 0.0933. The Kier molecular flexibility index (Phi) is 6.84. The predicted molar refractivity (Wildman–Crippen MR) is 142 cm³/mol. The second-order valence-electron chi connectivity index (χ2n) is 8.61. The summed E-state index contributed by atoms with van der Waals surface area (Å²) < 4.78 is 35.5. The Bertz CT molecular complexity index is 1660. The molecule has 0 radical (unpaired) electrons. The molecule has 9 nitrogen and oxygen atoms in total.